The summed E-state index contributed by atoms with van der Waals surface area (Å²) in [5, 5.41) is 22.7. The third-order valence-electron chi connectivity index (χ3n) is 2.98. The van der Waals surface area contributed by atoms with E-state index in [-0.39, 0.29) is 5.92 Å². The molecule has 1 atom stereocenters. The van der Waals surface area contributed by atoms with Gasteiger partial charge in [0.1, 0.15) is 6.07 Å². The summed E-state index contributed by atoms with van der Waals surface area (Å²) in [5.74, 6) is 0.125. The van der Waals surface area contributed by atoms with Crippen LogP contribution in [0.15, 0.2) is 18.2 Å². The molecule has 0 aromatic heterocycles. The Morgan fingerprint density at radius 3 is 2.71 bits per heavy atom. The van der Waals surface area contributed by atoms with Gasteiger partial charge in [0.15, 0.2) is 0 Å². The van der Waals surface area contributed by atoms with Crippen LogP contribution in [0.2, 0.25) is 5.02 Å². The van der Waals surface area contributed by atoms with Crippen molar-refractivity contribution in [3.63, 3.8) is 0 Å². The van der Waals surface area contributed by atoms with E-state index < -0.39 is 5.60 Å². The predicted octanol–water partition coefficient (Wildman–Crippen LogP) is 3.03. The Bertz CT molecular complexity index is 436. The molecule has 1 rings (SSSR count). The highest BCUT2D eigenvalue weighted by Gasteiger charge is 2.24. The van der Waals surface area contributed by atoms with Gasteiger partial charge in [0, 0.05) is 11.6 Å². The first-order valence-electron chi connectivity index (χ1n) is 5.52. The summed E-state index contributed by atoms with van der Waals surface area (Å²) in [7, 11) is 0. The highest BCUT2D eigenvalue weighted by Crippen LogP contribution is 2.22. The molecule has 0 heterocycles. The third-order valence-corrected chi connectivity index (χ3v) is 3.22. The fourth-order valence-corrected chi connectivity index (χ4v) is 1.41. The number of hydrogen-bond donors (Lipinski definition) is 2. The van der Waals surface area contributed by atoms with Crippen molar-refractivity contribution in [1.82, 2.24) is 0 Å². The largest absolute Gasteiger partial charge is 0.388 e. The molecule has 0 bridgehead atoms. The monoisotopic (exact) mass is 252 g/mol. The van der Waals surface area contributed by atoms with Gasteiger partial charge in [-0.3, -0.25) is 0 Å². The summed E-state index contributed by atoms with van der Waals surface area (Å²) in [6.07, 6.45) is 0. The van der Waals surface area contributed by atoms with Gasteiger partial charge in [-0.05, 0) is 31.0 Å². The maximum absolute atomic E-state index is 10.1. The lowest BCUT2D eigenvalue weighted by Crippen LogP contribution is -2.38. The molecular weight excluding hydrogens is 236 g/mol. The van der Waals surface area contributed by atoms with Crippen LogP contribution in [0.1, 0.15) is 26.3 Å². The maximum Gasteiger partial charge on any atom is 0.101 e. The number of nitriles is 1. The zero-order chi connectivity index (χ0) is 13.1. The number of nitrogens with zero attached hydrogens (tertiary/aromatic N) is 1. The van der Waals surface area contributed by atoms with Crippen molar-refractivity contribution < 1.29 is 5.11 Å². The first kappa shape index (κ1) is 13.8. The minimum atomic E-state index is -0.824. The standard InChI is InChI=1S/C13H17ClN2O/c1-9(2)13(3,17)8-16-12-6-11(14)5-4-10(12)7-15/h4-6,9,16-17H,8H2,1-3H3. The summed E-state index contributed by atoms with van der Waals surface area (Å²) in [6, 6.07) is 7.11. The maximum atomic E-state index is 10.1. The summed E-state index contributed by atoms with van der Waals surface area (Å²) in [6.45, 7) is 6.04. The molecule has 0 aliphatic heterocycles. The topological polar surface area (TPSA) is 56.0 Å². The van der Waals surface area contributed by atoms with Crippen LogP contribution >= 0.6 is 11.6 Å². The number of nitrogens with one attached hydrogen (secondary N) is 1. The Labute approximate surface area is 107 Å². The van der Waals surface area contributed by atoms with Gasteiger partial charge in [-0.25, -0.2) is 0 Å². The van der Waals surface area contributed by atoms with Crippen molar-refractivity contribution in [3.05, 3.63) is 28.8 Å². The molecule has 0 saturated carbocycles. The molecule has 1 aromatic carbocycles. The number of anilines is 1. The lowest BCUT2D eigenvalue weighted by molar-refractivity contribution is 0.0266. The van der Waals surface area contributed by atoms with Gasteiger partial charge in [0.25, 0.3) is 0 Å². The van der Waals surface area contributed by atoms with E-state index in [9.17, 15) is 5.11 Å². The van der Waals surface area contributed by atoms with Crippen molar-refractivity contribution in [2.24, 2.45) is 5.92 Å². The Morgan fingerprint density at radius 2 is 2.18 bits per heavy atom. The van der Waals surface area contributed by atoms with E-state index >= 15 is 0 Å². The second kappa shape index (κ2) is 5.39. The van der Waals surface area contributed by atoms with Crippen molar-refractivity contribution in [1.29, 1.82) is 5.26 Å². The van der Waals surface area contributed by atoms with Crippen molar-refractivity contribution in [2.45, 2.75) is 26.4 Å². The molecule has 17 heavy (non-hydrogen) atoms. The Kier molecular flexibility index (Phi) is 4.39. The lowest BCUT2D eigenvalue weighted by Gasteiger charge is -2.28. The Morgan fingerprint density at radius 1 is 1.53 bits per heavy atom. The molecule has 1 aromatic rings. The molecule has 0 amide bonds. The van der Waals surface area contributed by atoms with Crippen LogP contribution in [0.4, 0.5) is 5.69 Å². The van der Waals surface area contributed by atoms with Crippen molar-refractivity contribution in [3.8, 4) is 6.07 Å². The van der Waals surface area contributed by atoms with Crippen molar-refractivity contribution >= 4 is 17.3 Å². The van der Waals surface area contributed by atoms with E-state index in [4.69, 9.17) is 16.9 Å². The zero-order valence-electron chi connectivity index (χ0n) is 10.3. The predicted molar refractivity (Wildman–Crippen MR) is 70.1 cm³/mol. The summed E-state index contributed by atoms with van der Waals surface area (Å²) >= 11 is 5.87. The van der Waals surface area contributed by atoms with E-state index in [1.165, 1.54) is 0 Å². The molecule has 2 N–H and O–H groups in total. The lowest BCUT2D eigenvalue weighted by atomic mass is 9.92. The number of benzene rings is 1. The average Bonchev–Trinajstić information content (AvgIpc) is 2.26. The van der Waals surface area contributed by atoms with E-state index in [1.807, 2.05) is 13.8 Å². The van der Waals surface area contributed by atoms with Crippen LogP contribution in [0.3, 0.4) is 0 Å². The summed E-state index contributed by atoms with van der Waals surface area (Å²) in [4.78, 5) is 0. The first-order chi connectivity index (χ1) is 7.86. The fraction of sp³-hybridized carbons (Fsp3) is 0.462. The fourth-order valence-electron chi connectivity index (χ4n) is 1.24. The van der Waals surface area contributed by atoms with E-state index in [2.05, 4.69) is 11.4 Å². The number of rotatable bonds is 4. The SMILES string of the molecule is CC(C)C(C)(O)CNc1cc(Cl)ccc1C#N. The molecule has 0 fully saturated rings. The molecule has 0 aliphatic rings. The molecular formula is C13H17ClN2O. The van der Waals surface area contributed by atoms with Crippen LogP contribution < -0.4 is 5.32 Å². The zero-order valence-corrected chi connectivity index (χ0v) is 11.0. The smallest absolute Gasteiger partial charge is 0.101 e. The summed E-state index contributed by atoms with van der Waals surface area (Å²) < 4.78 is 0. The molecule has 0 spiro atoms. The van der Waals surface area contributed by atoms with Crippen LogP contribution in [0, 0.1) is 17.2 Å². The van der Waals surface area contributed by atoms with Gasteiger partial charge in [-0.1, -0.05) is 25.4 Å². The van der Waals surface area contributed by atoms with Gasteiger partial charge in [-0.2, -0.15) is 5.26 Å². The van der Waals surface area contributed by atoms with Gasteiger partial charge < -0.3 is 10.4 Å². The molecule has 0 radical (unpaired) electrons. The van der Waals surface area contributed by atoms with Crippen molar-refractivity contribution in [2.75, 3.05) is 11.9 Å². The number of hydrogen-bond acceptors (Lipinski definition) is 3. The van der Waals surface area contributed by atoms with Gasteiger partial charge >= 0.3 is 0 Å². The molecule has 0 saturated heterocycles. The van der Waals surface area contributed by atoms with Crippen LogP contribution in [-0.4, -0.2) is 17.3 Å². The molecule has 0 aliphatic carbocycles. The molecule has 3 nitrogen and oxygen atoms in total. The Balaban J connectivity index is 2.83. The molecule has 1 unspecified atom stereocenters. The van der Waals surface area contributed by atoms with E-state index in [0.717, 1.165) is 0 Å². The Hall–Kier alpha value is -1.24. The van der Waals surface area contributed by atoms with Crippen LogP contribution in [0.25, 0.3) is 0 Å². The van der Waals surface area contributed by atoms with Crippen LogP contribution in [-0.2, 0) is 0 Å². The second-order valence-electron chi connectivity index (χ2n) is 4.67. The van der Waals surface area contributed by atoms with E-state index in [1.54, 1.807) is 25.1 Å². The van der Waals surface area contributed by atoms with Gasteiger partial charge in [0.05, 0.1) is 16.9 Å². The molecule has 92 valence electrons. The minimum absolute atomic E-state index is 0.125. The van der Waals surface area contributed by atoms with Gasteiger partial charge in [-0.15, -0.1) is 0 Å². The number of aliphatic hydroxyl groups is 1. The second-order valence-corrected chi connectivity index (χ2v) is 5.10. The minimum Gasteiger partial charge on any atom is -0.388 e. The first-order valence-corrected chi connectivity index (χ1v) is 5.90. The third kappa shape index (κ3) is 3.62. The van der Waals surface area contributed by atoms with E-state index in [0.29, 0.717) is 22.8 Å². The highest BCUT2D eigenvalue weighted by atomic mass is 35.5. The number of halogens is 1. The average molecular weight is 253 g/mol. The normalized spacial score (nSPS) is 14.2. The van der Waals surface area contributed by atoms with Gasteiger partial charge in [0.2, 0.25) is 0 Å². The van der Waals surface area contributed by atoms with Crippen LogP contribution in [0.5, 0.6) is 0 Å². The quantitative estimate of drug-likeness (QED) is 0.866. The molecule has 4 heteroatoms. The summed E-state index contributed by atoms with van der Waals surface area (Å²) in [5.41, 5.74) is 0.351. The highest BCUT2D eigenvalue weighted by molar-refractivity contribution is 6.30.